The van der Waals surface area contributed by atoms with Crippen LogP contribution in [-0.2, 0) is 0 Å². The molecule has 0 saturated carbocycles. The molecule has 2 N–H and O–H groups in total. The molecular formula is C21H16N2O2S. The number of benzene rings is 3. The van der Waals surface area contributed by atoms with Crippen LogP contribution in [0.3, 0.4) is 0 Å². The molecule has 0 saturated heterocycles. The van der Waals surface area contributed by atoms with Gasteiger partial charge in [0.1, 0.15) is 11.6 Å². The van der Waals surface area contributed by atoms with Gasteiger partial charge < -0.3 is 10.1 Å². The smallest absolute Gasteiger partial charge is 0.259 e. The highest BCUT2D eigenvalue weighted by molar-refractivity contribution is 7.98. The number of hydrogen-bond acceptors (Lipinski definition) is 4. The lowest BCUT2D eigenvalue weighted by molar-refractivity contribution is 0.477. The Bertz CT molecular complexity index is 1150. The van der Waals surface area contributed by atoms with Gasteiger partial charge in [-0.25, -0.2) is 4.98 Å². The molecule has 4 nitrogen and oxygen atoms in total. The number of rotatable bonds is 3. The topological polar surface area (TPSA) is 66.0 Å². The van der Waals surface area contributed by atoms with Crippen molar-refractivity contribution in [3.63, 3.8) is 0 Å². The number of aromatic nitrogens is 2. The normalized spacial score (nSPS) is 11.0. The monoisotopic (exact) mass is 360 g/mol. The minimum Gasteiger partial charge on any atom is -0.507 e. The highest BCUT2D eigenvalue weighted by Gasteiger charge is 2.11. The van der Waals surface area contributed by atoms with Crippen LogP contribution in [0.25, 0.3) is 33.4 Å². The van der Waals surface area contributed by atoms with Gasteiger partial charge in [-0.2, -0.15) is 0 Å². The average Bonchev–Trinajstić information content (AvgIpc) is 2.68. The van der Waals surface area contributed by atoms with Gasteiger partial charge in [0.15, 0.2) is 0 Å². The summed E-state index contributed by atoms with van der Waals surface area (Å²) in [6.07, 6.45) is 2.03. The van der Waals surface area contributed by atoms with Gasteiger partial charge in [0.05, 0.1) is 16.5 Å². The number of aromatic amines is 1. The molecule has 0 atom stereocenters. The first-order valence-corrected chi connectivity index (χ1v) is 9.35. The Kier molecular flexibility index (Phi) is 4.22. The fourth-order valence-electron chi connectivity index (χ4n) is 2.91. The minimum absolute atomic E-state index is 0.0786. The van der Waals surface area contributed by atoms with Gasteiger partial charge in [0, 0.05) is 4.90 Å². The molecule has 26 heavy (non-hydrogen) atoms. The number of phenolic OH excluding ortho intramolecular Hbond substituents is 1. The van der Waals surface area contributed by atoms with Gasteiger partial charge in [-0.15, -0.1) is 11.8 Å². The molecule has 0 aliphatic carbocycles. The molecule has 3 aromatic carbocycles. The summed E-state index contributed by atoms with van der Waals surface area (Å²) >= 11 is 1.69. The van der Waals surface area contributed by atoms with Crippen LogP contribution in [0.15, 0.2) is 76.4 Å². The van der Waals surface area contributed by atoms with Crippen molar-refractivity contribution in [3.05, 3.63) is 77.1 Å². The van der Waals surface area contributed by atoms with Crippen LogP contribution >= 0.6 is 11.8 Å². The first-order chi connectivity index (χ1) is 12.7. The van der Waals surface area contributed by atoms with E-state index in [4.69, 9.17) is 0 Å². The SMILES string of the molecule is CSc1ccc(-c2ccc(-c3nc4ccccc4c(=O)[nH]3)c(O)c2)cc1. The molecular weight excluding hydrogens is 344 g/mol. The summed E-state index contributed by atoms with van der Waals surface area (Å²) in [7, 11) is 0. The molecule has 0 amide bonds. The molecule has 0 fully saturated rings. The van der Waals surface area contributed by atoms with Gasteiger partial charge in [-0.3, -0.25) is 4.79 Å². The van der Waals surface area contributed by atoms with E-state index in [2.05, 4.69) is 9.97 Å². The van der Waals surface area contributed by atoms with Crippen LogP contribution < -0.4 is 5.56 Å². The Morgan fingerprint density at radius 1 is 0.962 bits per heavy atom. The largest absolute Gasteiger partial charge is 0.507 e. The van der Waals surface area contributed by atoms with Crippen molar-refractivity contribution < 1.29 is 5.11 Å². The van der Waals surface area contributed by atoms with E-state index in [-0.39, 0.29) is 11.3 Å². The van der Waals surface area contributed by atoms with Crippen LogP contribution in [0.4, 0.5) is 0 Å². The molecule has 0 aliphatic heterocycles. The third-order valence-corrected chi connectivity index (χ3v) is 5.03. The van der Waals surface area contributed by atoms with E-state index in [0.717, 1.165) is 11.1 Å². The summed E-state index contributed by atoms with van der Waals surface area (Å²) in [5, 5.41) is 11.0. The lowest BCUT2D eigenvalue weighted by atomic mass is 10.0. The maximum atomic E-state index is 12.3. The van der Waals surface area contributed by atoms with Crippen LogP contribution in [0.1, 0.15) is 0 Å². The van der Waals surface area contributed by atoms with Crippen molar-refractivity contribution in [1.29, 1.82) is 0 Å². The lowest BCUT2D eigenvalue weighted by Crippen LogP contribution is -2.09. The molecule has 0 radical (unpaired) electrons. The number of para-hydroxylation sites is 1. The second-order valence-electron chi connectivity index (χ2n) is 5.89. The zero-order valence-electron chi connectivity index (χ0n) is 14.1. The first kappa shape index (κ1) is 16.4. The van der Waals surface area contributed by atoms with Crippen molar-refractivity contribution >= 4 is 22.7 Å². The second-order valence-corrected chi connectivity index (χ2v) is 6.77. The lowest BCUT2D eigenvalue weighted by Gasteiger charge is -2.08. The Hall–Kier alpha value is -3.05. The molecule has 4 rings (SSSR count). The van der Waals surface area contributed by atoms with E-state index >= 15 is 0 Å². The summed E-state index contributed by atoms with van der Waals surface area (Å²) in [6, 6.07) is 20.7. The van der Waals surface area contributed by atoms with Crippen molar-refractivity contribution in [3.8, 4) is 28.3 Å². The highest BCUT2D eigenvalue weighted by atomic mass is 32.2. The Balaban J connectivity index is 1.77. The van der Waals surface area contributed by atoms with Gasteiger partial charge >= 0.3 is 0 Å². The van der Waals surface area contributed by atoms with Gasteiger partial charge in [0.2, 0.25) is 0 Å². The van der Waals surface area contributed by atoms with E-state index in [1.54, 1.807) is 42.1 Å². The van der Waals surface area contributed by atoms with Crippen LogP contribution in [-0.4, -0.2) is 21.3 Å². The number of nitrogens with one attached hydrogen (secondary N) is 1. The number of nitrogens with zero attached hydrogens (tertiary/aromatic N) is 1. The third-order valence-electron chi connectivity index (χ3n) is 4.29. The summed E-state index contributed by atoms with van der Waals surface area (Å²) in [6.45, 7) is 0. The third kappa shape index (κ3) is 2.97. The Labute approximate surface area is 154 Å². The quantitative estimate of drug-likeness (QED) is 0.521. The van der Waals surface area contributed by atoms with E-state index in [1.165, 1.54) is 4.90 Å². The maximum absolute atomic E-state index is 12.3. The van der Waals surface area contributed by atoms with Crippen LogP contribution in [0.5, 0.6) is 5.75 Å². The van der Waals surface area contributed by atoms with Crippen molar-refractivity contribution in [2.75, 3.05) is 6.26 Å². The summed E-state index contributed by atoms with van der Waals surface area (Å²) in [4.78, 5) is 20.7. The molecule has 5 heteroatoms. The highest BCUT2D eigenvalue weighted by Crippen LogP contribution is 2.32. The predicted octanol–water partition coefficient (Wildman–Crippen LogP) is 4.68. The van der Waals surface area contributed by atoms with Crippen molar-refractivity contribution in [2.24, 2.45) is 0 Å². The molecule has 128 valence electrons. The minimum atomic E-state index is -0.221. The zero-order chi connectivity index (χ0) is 18.1. The molecule has 0 bridgehead atoms. The number of fused-ring (bicyclic) bond motifs is 1. The summed E-state index contributed by atoms with van der Waals surface area (Å²) < 4.78 is 0. The summed E-state index contributed by atoms with van der Waals surface area (Å²) in [5.41, 5.74) is 2.80. The van der Waals surface area contributed by atoms with E-state index in [9.17, 15) is 9.90 Å². The number of thioether (sulfide) groups is 1. The van der Waals surface area contributed by atoms with Crippen LogP contribution in [0, 0.1) is 0 Å². The summed E-state index contributed by atoms with van der Waals surface area (Å²) in [5.74, 6) is 0.436. The fraction of sp³-hybridized carbons (Fsp3) is 0.0476. The standard InChI is InChI=1S/C21H16N2O2S/c1-26-15-9-6-13(7-10-15)14-8-11-17(19(24)12-14)20-22-18-5-3-2-4-16(18)21(25)23-20/h2-12,24H,1H3,(H,22,23,25). The van der Waals surface area contributed by atoms with E-state index in [1.807, 2.05) is 42.7 Å². The molecule has 0 spiro atoms. The number of hydrogen-bond donors (Lipinski definition) is 2. The van der Waals surface area contributed by atoms with Crippen molar-refractivity contribution in [1.82, 2.24) is 9.97 Å². The molecule has 4 aromatic rings. The predicted molar refractivity (Wildman–Crippen MR) is 107 cm³/mol. The first-order valence-electron chi connectivity index (χ1n) is 8.12. The Morgan fingerprint density at radius 2 is 1.69 bits per heavy atom. The van der Waals surface area contributed by atoms with Crippen molar-refractivity contribution in [2.45, 2.75) is 4.90 Å². The fourth-order valence-corrected chi connectivity index (χ4v) is 3.32. The Morgan fingerprint density at radius 3 is 2.42 bits per heavy atom. The maximum Gasteiger partial charge on any atom is 0.259 e. The van der Waals surface area contributed by atoms with Crippen LogP contribution in [0.2, 0.25) is 0 Å². The van der Waals surface area contributed by atoms with Gasteiger partial charge in [0.25, 0.3) is 5.56 Å². The second kappa shape index (κ2) is 6.69. The van der Waals surface area contributed by atoms with E-state index in [0.29, 0.717) is 22.3 Å². The molecule has 1 heterocycles. The number of H-pyrrole nitrogens is 1. The molecule has 1 aromatic heterocycles. The number of phenols is 1. The zero-order valence-corrected chi connectivity index (χ0v) is 14.9. The van der Waals surface area contributed by atoms with Gasteiger partial charge in [-0.1, -0.05) is 30.3 Å². The van der Waals surface area contributed by atoms with E-state index < -0.39 is 0 Å². The number of aromatic hydroxyl groups is 1. The molecule has 0 aliphatic rings. The molecule has 0 unspecified atom stereocenters. The average molecular weight is 360 g/mol. The van der Waals surface area contributed by atoms with Gasteiger partial charge in [-0.05, 0) is 53.8 Å².